The van der Waals surface area contributed by atoms with Gasteiger partial charge in [-0.2, -0.15) is 0 Å². The van der Waals surface area contributed by atoms with E-state index in [0.29, 0.717) is 16.6 Å². The summed E-state index contributed by atoms with van der Waals surface area (Å²) in [6, 6.07) is 0. The standard InChI is InChI=1S/C10H11N3O2S2/c1-6-11-3-7(16-6)4-12-10-13-5-8(17-10)9(14)15-2/h3,5H,4H2,1-2H3,(H,12,13). The molecule has 1 N–H and O–H groups in total. The van der Waals surface area contributed by atoms with Crippen molar-refractivity contribution >= 4 is 33.8 Å². The number of thiazole rings is 2. The summed E-state index contributed by atoms with van der Waals surface area (Å²) in [6.07, 6.45) is 3.35. The molecule has 0 atom stereocenters. The Bertz CT molecular complexity index is 521. The number of hydrogen-bond donors (Lipinski definition) is 1. The molecule has 2 heterocycles. The molecule has 0 fully saturated rings. The highest BCUT2D eigenvalue weighted by Gasteiger charge is 2.10. The summed E-state index contributed by atoms with van der Waals surface area (Å²) < 4.78 is 4.61. The number of carbonyl (C=O) groups is 1. The predicted molar refractivity (Wildman–Crippen MR) is 67.6 cm³/mol. The lowest BCUT2D eigenvalue weighted by Gasteiger charge is -1.97. The second-order valence-corrected chi connectivity index (χ2v) is 5.57. The summed E-state index contributed by atoms with van der Waals surface area (Å²) in [5, 5.41) is 4.89. The largest absolute Gasteiger partial charge is 0.465 e. The molecule has 0 unspecified atom stereocenters. The molecule has 0 saturated carbocycles. The number of hydrogen-bond acceptors (Lipinski definition) is 7. The fraction of sp³-hybridized carbons (Fsp3) is 0.300. The van der Waals surface area contributed by atoms with E-state index in [9.17, 15) is 4.79 Å². The first-order valence-electron chi connectivity index (χ1n) is 4.88. The van der Waals surface area contributed by atoms with E-state index in [1.165, 1.54) is 24.6 Å². The second kappa shape index (κ2) is 5.24. The molecule has 0 aliphatic heterocycles. The third kappa shape index (κ3) is 3.01. The Labute approximate surface area is 106 Å². The minimum Gasteiger partial charge on any atom is -0.465 e. The van der Waals surface area contributed by atoms with Crippen molar-refractivity contribution in [2.45, 2.75) is 13.5 Å². The predicted octanol–water partition coefficient (Wildman–Crippen LogP) is 2.31. The maximum atomic E-state index is 11.2. The minimum absolute atomic E-state index is 0.357. The third-order valence-corrected chi connectivity index (χ3v) is 3.82. The van der Waals surface area contributed by atoms with Crippen molar-refractivity contribution < 1.29 is 9.53 Å². The van der Waals surface area contributed by atoms with Crippen LogP contribution in [0.4, 0.5) is 5.13 Å². The topological polar surface area (TPSA) is 64.1 Å². The molecular formula is C10H11N3O2S2. The molecule has 17 heavy (non-hydrogen) atoms. The fourth-order valence-electron chi connectivity index (χ4n) is 1.20. The Morgan fingerprint density at radius 2 is 2.24 bits per heavy atom. The van der Waals surface area contributed by atoms with Gasteiger partial charge in [-0.15, -0.1) is 11.3 Å². The van der Waals surface area contributed by atoms with E-state index in [4.69, 9.17) is 0 Å². The van der Waals surface area contributed by atoms with Gasteiger partial charge in [-0.25, -0.2) is 14.8 Å². The number of methoxy groups -OCH3 is 1. The fourth-order valence-corrected chi connectivity index (χ4v) is 2.67. The first-order chi connectivity index (χ1) is 8.19. The highest BCUT2D eigenvalue weighted by atomic mass is 32.1. The summed E-state index contributed by atoms with van der Waals surface area (Å²) in [7, 11) is 1.36. The number of ether oxygens (including phenoxy) is 1. The quantitative estimate of drug-likeness (QED) is 0.863. The monoisotopic (exact) mass is 269 g/mol. The molecule has 0 aliphatic carbocycles. The number of esters is 1. The summed E-state index contributed by atoms with van der Waals surface area (Å²) in [4.78, 5) is 21.1. The van der Waals surface area contributed by atoms with Gasteiger partial charge in [0.05, 0.1) is 24.9 Å². The van der Waals surface area contributed by atoms with Gasteiger partial charge in [0.1, 0.15) is 4.88 Å². The maximum Gasteiger partial charge on any atom is 0.349 e. The molecule has 0 radical (unpaired) electrons. The molecule has 0 aromatic carbocycles. The van der Waals surface area contributed by atoms with Crippen LogP contribution in [0, 0.1) is 6.92 Å². The number of nitrogens with one attached hydrogen (secondary N) is 1. The molecule has 7 heteroatoms. The number of nitrogens with zero attached hydrogens (tertiary/aromatic N) is 2. The van der Waals surface area contributed by atoms with Crippen LogP contribution in [0.15, 0.2) is 12.4 Å². The zero-order valence-corrected chi connectivity index (χ0v) is 11.0. The van der Waals surface area contributed by atoms with Crippen LogP contribution in [-0.4, -0.2) is 23.0 Å². The average molecular weight is 269 g/mol. The van der Waals surface area contributed by atoms with E-state index < -0.39 is 0 Å². The lowest BCUT2D eigenvalue weighted by molar-refractivity contribution is 0.0606. The molecule has 2 aromatic rings. The number of carbonyl (C=O) groups excluding carboxylic acids is 1. The van der Waals surface area contributed by atoms with Gasteiger partial charge in [0.2, 0.25) is 0 Å². The van der Waals surface area contributed by atoms with Crippen molar-refractivity contribution in [2.24, 2.45) is 0 Å². The molecule has 0 spiro atoms. The Hall–Kier alpha value is -1.47. The van der Waals surface area contributed by atoms with Crippen LogP contribution in [0.1, 0.15) is 19.6 Å². The van der Waals surface area contributed by atoms with Crippen LogP contribution in [0.2, 0.25) is 0 Å². The molecule has 0 bridgehead atoms. The molecule has 0 amide bonds. The van der Waals surface area contributed by atoms with Crippen molar-refractivity contribution in [2.75, 3.05) is 12.4 Å². The van der Waals surface area contributed by atoms with Crippen molar-refractivity contribution in [1.29, 1.82) is 0 Å². The highest BCUT2D eigenvalue weighted by Crippen LogP contribution is 2.20. The van der Waals surface area contributed by atoms with Crippen molar-refractivity contribution in [3.05, 3.63) is 27.2 Å². The number of anilines is 1. The first kappa shape index (κ1) is 12.0. The Kier molecular flexibility index (Phi) is 3.70. The molecule has 2 rings (SSSR count). The summed E-state index contributed by atoms with van der Waals surface area (Å²) in [5.74, 6) is -0.357. The zero-order chi connectivity index (χ0) is 12.3. The normalized spacial score (nSPS) is 10.2. The molecule has 0 aliphatic rings. The van der Waals surface area contributed by atoms with E-state index in [1.54, 1.807) is 11.3 Å². The van der Waals surface area contributed by atoms with Gasteiger partial charge in [0, 0.05) is 11.1 Å². The van der Waals surface area contributed by atoms with Crippen LogP contribution in [-0.2, 0) is 11.3 Å². The van der Waals surface area contributed by atoms with Crippen molar-refractivity contribution in [3.63, 3.8) is 0 Å². The van der Waals surface area contributed by atoms with Gasteiger partial charge in [0.15, 0.2) is 5.13 Å². The van der Waals surface area contributed by atoms with Gasteiger partial charge < -0.3 is 10.1 Å². The number of aromatic nitrogens is 2. The van der Waals surface area contributed by atoms with Gasteiger partial charge >= 0.3 is 5.97 Å². The van der Waals surface area contributed by atoms with Gasteiger partial charge in [-0.1, -0.05) is 11.3 Å². The van der Waals surface area contributed by atoms with Crippen LogP contribution in [0.25, 0.3) is 0 Å². The smallest absolute Gasteiger partial charge is 0.349 e. The maximum absolute atomic E-state index is 11.2. The lowest BCUT2D eigenvalue weighted by atomic mass is 10.5. The number of aryl methyl sites for hydroxylation is 1. The number of rotatable bonds is 4. The summed E-state index contributed by atoms with van der Waals surface area (Å²) in [6.45, 7) is 2.63. The lowest BCUT2D eigenvalue weighted by Crippen LogP contribution is -1.97. The third-order valence-electron chi connectivity index (χ3n) is 1.98. The second-order valence-electron chi connectivity index (χ2n) is 3.22. The highest BCUT2D eigenvalue weighted by molar-refractivity contribution is 7.17. The van der Waals surface area contributed by atoms with Gasteiger partial charge in [-0.3, -0.25) is 0 Å². The Balaban J connectivity index is 1.95. The first-order valence-corrected chi connectivity index (χ1v) is 6.51. The van der Waals surface area contributed by atoms with E-state index in [1.807, 2.05) is 13.1 Å². The van der Waals surface area contributed by atoms with Crippen molar-refractivity contribution in [3.8, 4) is 0 Å². The average Bonchev–Trinajstić information content (AvgIpc) is 2.94. The summed E-state index contributed by atoms with van der Waals surface area (Å²) in [5.41, 5.74) is 0. The van der Waals surface area contributed by atoms with Crippen LogP contribution in [0.3, 0.4) is 0 Å². The van der Waals surface area contributed by atoms with E-state index in [-0.39, 0.29) is 5.97 Å². The Morgan fingerprint density at radius 1 is 1.41 bits per heavy atom. The van der Waals surface area contributed by atoms with E-state index >= 15 is 0 Å². The SMILES string of the molecule is COC(=O)c1cnc(NCc2cnc(C)s2)s1. The van der Waals surface area contributed by atoms with Crippen LogP contribution >= 0.6 is 22.7 Å². The molecule has 5 nitrogen and oxygen atoms in total. The zero-order valence-electron chi connectivity index (χ0n) is 9.39. The molecule has 90 valence electrons. The van der Waals surface area contributed by atoms with E-state index in [2.05, 4.69) is 20.0 Å². The Morgan fingerprint density at radius 3 is 2.88 bits per heavy atom. The van der Waals surface area contributed by atoms with Crippen LogP contribution in [0.5, 0.6) is 0 Å². The van der Waals surface area contributed by atoms with Crippen molar-refractivity contribution in [1.82, 2.24) is 9.97 Å². The summed E-state index contributed by atoms with van der Waals surface area (Å²) >= 11 is 2.92. The molecule has 2 aromatic heterocycles. The molecule has 0 saturated heterocycles. The molecular weight excluding hydrogens is 258 g/mol. The van der Waals surface area contributed by atoms with Gasteiger partial charge in [-0.05, 0) is 6.92 Å². The van der Waals surface area contributed by atoms with Crippen LogP contribution < -0.4 is 5.32 Å². The minimum atomic E-state index is -0.357. The van der Waals surface area contributed by atoms with Gasteiger partial charge in [0.25, 0.3) is 0 Å². The van der Waals surface area contributed by atoms with E-state index in [0.717, 1.165) is 9.88 Å².